The van der Waals surface area contributed by atoms with E-state index < -0.39 is 5.82 Å². The van der Waals surface area contributed by atoms with Gasteiger partial charge < -0.3 is 15.2 Å². The van der Waals surface area contributed by atoms with Crippen molar-refractivity contribution in [1.82, 2.24) is 5.32 Å². The van der Waals surface area contributed by atoms with E-state index in [9.17, 15) is 9.18 Å². The molecule has 5 heteroatoms. The van der Waals surface area contributed by atoms with Crippen molar-refractivity contribution in [3.8, 4) is 11.5 Å². The first-order valence-corrected chi connectivity index (χ1v) is 6.00. The number of phenols is 1. The number of rotatable bonds is 4. The Hall–Kier alpha value is -2.56. The maximum atomic E-state index is 13.5. The van der Waals surface area contributed by atoms with E-state index in [-0.39, 0.29) is 23.0 Å². The van der Waals surface area contributed by atoms with Gasteiger partial charge in [0.1, 0.15) is 5.75 Å². The molecule has 0 unspecified atom stereocenters. The number of carbonyl (C=O) groups excluding carboxylic acids is 1. The van der Waals surface area contributed by atoms with Crippen molar-refractivity contribution in [3.05, 3.63) is 59.4 Å². The quantitative estimate of drug-likeness (QED) is 0.901. The lowest BCUT2D eigenvalue weighted by Gasteiger charge is -2.07. The maximum absolute atomic E-state index is 13.5. The molecule has 0 aliphatic heterocycles. The van der Waals surface area contributed by atoms with Crippen LogP contribution in [0, 0.1) is 5.82 Å². The van der Waals surface area contributed by atoms with Crippen LogP contribution >= 0.6 is 0 Å². The Morgan fingerprint density at radius 1 is 1.25 bits per heavy atom. The summed E-state index contributed by atoms with van der Waals surface area (Å²) in [7, 11) is 1.36. The molecule has 0 spiro atoms. The molecule has 104 valence electrons. The van der Waals surface area contributed by atoms with Gasteiger partial charge in [-0.05, 0) is 35.9 Å². The van der Waals surface area contributed by atoms with Crippen LogP contribution in [0.3, 0.4) is 0 Å². The van der Waals surface area contributed by atoms with Gasteiger partial charge in [-0.15, -0.1) is 0 Å². The molecule has 0 heterocycles. The number of aromatic hydroxyl groups is 1. The third kappa shape index (κ3) is 3.26. The molecule has 0 bridgehead atoms. The van der Waals surface area contributed by atoms with Crippen molar-refractivity contribution in [3.63, 3.8) is 0 Å². The second-order valence-corrected chi connectivity index (χ2v) is 4.20. The molecule has 2 N–H and O–H groups in total. The highest BCUT2D eigenvalue weighted by molar-refractivity contribution is 5.94. The summed E-state index contributed by atoms with van der Waals surface area (Å²) < 4.78 is 18.3. The lowest BCUT2D eigenvalue weighted by atomic mass is 10.1. The summed E-state index contributed by atoms with van der Waals surface area (Å²) in [5, 5.41) is 11.8. The Balaban J connectivity index is 2.01. The fraction of sp³-hybridized carbons (Fsp3) is 0.133. The number of phenolic OH excluding ortho intramolecular Hbond substituents is 1. The molecule has 2 aromatic rings. The van der Waals surface area contributed by atoms with Gasteiger partial charge in [-0.2, -0.15) is 0 Å². The van der Waals surface area contributed by atoms with Gasteiger partial charge in [0.2, 0.25) is 0 Å². The minimum absolute atomic E-state index is 0.0973. The number of hydrogen-bond donors (Lipinski definition) is 2. The molecule has 2 aromatic carbocycles. The Labute approximate surface area is 115 Å². The molecule has 2 rings (SSSR count). The topological polar surface area (TPSA) is 58.6 Å². The number of methoxy groups -OCH3 is 1. The number of benzene rings is 2. The highest BCUT2D eigenvalue weighted by atomic mass is 19.1. The van der Waals surface area contributed by atoms with E-state index in [1.807, 2.05) is 0 Å². The van der Waals surface area contributed by atoms with Crippen molar-refractivity contribution in [2.45, 2.75) is 6.54 Å². The fourth-order valence-corrected chi connectivity index (χ4v) is 1.71. The highest BCUT2D eigenvalue weighted by Crippen LogP contribution is 2.17. The predicted molar refractivity (Wildman–Crippen MR) is 72.2 cm³/mol. The smallest absolute Gasteiger partial charge is 0.251 e. The zero-order valence-corrected chi connectivity index (χ0v) is 10.9. The van der Waals surface area contributed by atoms with Crippen molar-refractivity contribution in [2.24, 2.45) is 0 Å². The van der Waals surface area contributed by atoms with E-state index in [4.69, 9.17) is 9.84 Å². The van der Waals surface area contributed by atoms with Crippen LogP contribution in [0.4, 0.5) is 4.39 Å². The van der Waals surface area contributed by atoms with Crippen LogP contribution in [-0.2, 0) is 6.54 Å². The van der Waals surface area contributed by atoms with Crippen LogP contribution in [0.25, 0.3) is 0 Å². The third-order valence-corrected chi connectivity index (χ3v) is 2.80. The van der Waals surface area contributed by atoms with Gasteiger partial charge in [0, 0.05) is 12.1 Å². The van der Waals surface area contributed by atoms with Crippen LogP contribution in [0.15, 0.2) is 42.5 Å². The van der Waals surface area contributed by atoms with E-state index >= 15 is 0 Å². The molecule has 0 atom stereocenters. The summed E-state index contributed by atoms with van der Waals surface area (Å²) in [5.74, 6) is -0.693. The van der Waals surface area contributed by atoms with E-state index in [0.717, 1.165) is 11.6 Å². The van der Waals surface area contributed by atoms with Gasteiger partial charge >= 0.3 is 0 Å². The molecule has 0 radical (unpaired) electrons. The molecule has 0 aliphatic rings. The molecule has 0 saturated heterocycles. The van der Waals surface area contributed by atoms with Crippen molar-refractivity contribution in [1.29, 1.82) is 0 Å². The van der Waals surface area contributed by atoms with Crippen LogP contribution in [0.5, 0.6) is 11.5 Å². The fourth-order valence-electron chi connectivity index (χ4n) is 1.71. The lowest BCUT2D eigenvalue weighted by molar-refractivity contribution is 0.0950. The van der Waals surface area contributed by atoms with E-state index in [1.165, 1.54) is 31.4 Å². The van der Waals surface area contributed by atoms with Gasteiger partial charge in [0.25, 0.3) is 5.91 Å². The number of carbonyl (C=O) groups is 1. The molecule has 4 nitrogen and oxygen atoms in total. The largest absolute Gasteiger partial charge is 0.508 e. The number of hydrogen-bond acceptors (Lipinski definition) is 3. The van der Waals surface area contributed by atoms with E-state index in [1.54, 1.807) is 12.1 Å². The maximum Gasteiger partial charge on any atom is 0.251 e. The first kappa shape index (κ1) is 13.9. The van der Waals surface area contributed by atoms with Crippen LogP contribution in [0.2, 0.25) is 0 Å². The van der Waals surface area contributed by atoms with Crippen molar-refractivity contribution >= 4 is 5.91 Å². The average molecular weight is 275 g/mol. The molecular weight excluding hydrogens is 261 g/mol. The summed E-state index contributed by atoms with van der Waals surface area (Å²) in [5.41, 5.74) is 1.06. The molecule has 20 heavy (non-hydrogen) atoms. The standard InChI is InChI=1S/C15H14FNO3/c1-20-14-7-4-11(8-13(14)16)15(19)17-9-10-2-5-12(18)6-3-10/h2-8,18H,9H2,1H3,(H,17,19). The Morgan fingerprint density at radius 3 is 2.55 bits per heavy atom. The molecule has 0 saturated carbocycles. The SMILES string of the molecule is COc1ccc(C(=O)NCc2ccc(O)cc2)cc1F. The Kier molecular flexibility index (Phi) is 4.20. The number of amides is 1. The average Bonchev–Trinajstić information content (AvgIpc) is 2.46. The first-order valence-electron chi connectivity index (χ1n) is 6.00. The zero-order valence-electron chi connectivity index (χ0n) is 10.9. The second-order valence-electron chi connectivity index (χ2n) is 4.20. The summed E-state index contributed by atoms with van der Waals surface area (Å²) >= 11 is 0. The third-order valence-electron chi connectivity index (χ3n) is 2.80. The van der Waals surface area contributed by atoms with Crippen LogP contribution < -0.4 is 10.1 Å². The summed E-state index contributed by atoms with van der Waals surface area (Å²) in [4.78, 5) is 11.9. The number of ether oxygens (including phenoxy) is 1. The summed E-state index contributed by atoms with van der Waals surface area (Å²) in [6.07, 6.45) is 0. The zero-order chi connectivity index (χ0) is 14.5. The summed E-state index contributed by atoms with van der Waals surface area (Å²) in [6.45, 7) is 0.298. The monoisotopic (exact) mass is 275 g/mol. The van der Waals surface area contributed by atoms with Gasteiger partial charge in [-0.3, -0.25) is 4.79 Å². The molecule has 0 fully saturated rings. The molecular formula is C15H14FNO3. The van der Waals surface area contributed by atoms with Crippen LogP contribution in [-0.4, -0.2) is 18.1 Å². The predicted octanol–water partition coefficient (Wildman–Crippen LogP) is 2.47. The second kappa shape index (κ2) is 6.06. The summed E-state index contributed by atoms with van der Waals surface area (Å²) in [6, 6.07) is 10.5. The van der Waals surface area contributed by atoms with Gasteiger partial charge in [0.15, 0.2) is 11.6 Å². The van der Waals surface area contributed by atoms with E-state index in [2.05, 4.69) is 5.32 Å². The van der Waals surface area contributed by atoms with Crippen LogP contribution in [0.1, 0.15) is 15.9 Å². The van der Waals surface area contributed by atoms with Gasteiger partial charge in [-0.1, -0.05) is 12.1 Å². The minimum atomic E-state index is -0.579. The molecule has 0 aromatic heterocycles. The first-order chi connectivity index (χ1) is 9.60. The Morgan fingerprint density at radius 2 is 1.95 bits per heavy atom. The van der Waals surface area contributed by atoms with Crippen molar-refractivity contribution < 1.29 is 19.0 Å². The number of nitrogens with one attached hydrogen (secondary N) is 1. The molecule has 1 amide bonds. The van der Waals surface area contributed by atoms with Crippen molar-refractivity contribution in [2.75, 3.05) is 7.11 Å². The molecule has 0 aliphatic carbocycles. The van der Waals surface area contributed by atoms with Gasteiger partial charge in [-0.25, -0.2) is 4.39 Å². The normalized spacial score (nSPS) is 10.1. The van der Waals surface area contributed by atoms with Gasteiger partial charge in [0.05, 0.1) is 7.11 Å². The van der Waals surface area contributed by atoms with E-state index in [0.29, 0.717) is 6.54 Å². The minimum Gasteiger partial charge on any atom is -0.508 e. The number of halogens is 1. The lowest BCUT2D eigenvalue weighted by Crippen LogP contribution is -2.22. The Bertz CT molecular complexity index is 611. The highest BCUT2D eigenvalue weighted by Gasteiger charge is 2.09.